The van der Waals surface area contributed by atoms with Crippen molar-refractivity contribution in [1.29, 1.82) is 0 Å². The van der Waals surface area contributed by atoms with Gasteiger partial charge in [0, 0.05) is 6.54 Å². The average Bonchev–Trinajstić information content (AvgIpc) is 3.18. The molecule has 1 aliphatic heterocycles. The maximum absolute atomic E-state index is 12.8. The van der Waals surface area contributed by atoms with Gasteiger partial charge in [0.1, 0.15) is 18.1 Å². The molecule has 0 bridgehead atoms. The van der Waals surface area contributed by atoms with E-state index in [-0.39, 0.29) is 11.8 Å². The lowest BCUT2D eigenvalue weighted by molar-refractivity contribution is -0.145. The molecule has 31 heavy (non-hydrogen) atoms. The maximum Gasteiger partial charge on any atom is 0.326 e. The minimum absolute atomic E-state index is 0.0778. The number of nitrogens with two attached hydrogens (primary N) is 2. The SMILES string of the molecule is CCC(C)C(N)C(=O)N1CCCC1C(=O)NC(C(=O)NC(CC(N)=O)C(=O)O)C(C)O. The van der Waals surface area contributed by atoms with Crippen molar-refractivity contribution < 1.29 is 34.2 Å². The zero-order valence-electron chi connectivity index (χ0n) is 18.0. The molecule has 0 aromatic heterocycles. The Bertz CT molecular complexity index is 699. The van der Waals surface area contributed by atoms with E-state index >= 15 is 0 Å². The van der Waals surface area contributed by atoms with E-state index in [0.717, 1.165) is 0 Å². The zero-order chi connectivity index (χ0) is 23.9. The van der Waals surface area contributed by atoms with Gasteiger partial charge in [-0.2, -0.15) is 0 Å². The number of rotatable bonds is 11. The molecular weight excluding hydrogens is 410 g/mol. The van der Waals surface area contributed by atoms with Crippen molar-refractivity contribution in [3.05, 3.63) is 0 Å². The van der Waals surface area contributed by atoms with Gasteiger partial charge in [-0.05, 0) is 25.7 Å². The van der Waals surface area contributed by atoms with Crippen LogP contribution in [0.5, 0.6) is 0 Å². The van der Waals surface area contributed by atoms with Crippen LogP contribution in [-0.4, -0.2) is 81.5 Å². The number of aliphatic hydroxyl groups excluding tert-OH is 1. The number of carboxylic acid groups (broad SMARTS) is 1. The second kappa shape index (κ2) is 11.6. The van der Waals surface area contributed by atoms with Gasteiger partial charge in [0.15, 0.2) is 0 Å². The molecule has 0 radical (unpaired) electrons. The number of likely N-dealkylation sites (tertiary alicyclic amines) is 1. The number of nitrogens with one attached hydrogen (secondary N) is 2. The zero-order valence-corrected chi connectivity index (χ0v) is 18.0. The van der Waals surface area contributed by atoms with Crippen molar-refractivity contribution in [2.24, 2.45) is 17.4 Å². The monoisotopic (exact) mass is 443 g/mol. The number of nitrogens with zero attached hydrogens (tertiary/aromatic N) is 1. The summed E-state index contributed by atoms with van der Waals surface area (Å²) in [5.74, 6) is -4.53. The van der Waals surface area contributed by atoms with Crippen molar-refractivity contribution in [1.82, 2.24) is 15.5 Å². The summed E-state index contributed by atoms with van der Waals surface area (Å²) in [6.45, 7) is 5.32. The van der Waals surface area contributed by atoms with Crippen molar-refractivity contribution >= 4 is 29.6 Å². The Hall–Kier alpha value is -2.73. The van der Waals surface area contributed by atoms with E-state index in [4.69, 9.17) is 16.6 Å². The van der Waals surface area contributed by atoms with Crippen molar-refractivity contribution in [2.75, 3.05) is 6.54 Å². The molecule has 4 amide bonds. The van der Waals surface area contributed by atoms with Crippen LogP contribution in [0.3, 0.4) is 0 Å². The third kappa shape index (κ3) is 7.17. The minimum Gasteiger partial charge on any atom is -0.480 e. The molecule has 6 atom stereocenters. The van der Waals surface area contributed by atoms with Crippen LogP contribution in [0.4, 0.5) is 0 Å². The molecule has 0 aliphatic carbocycles. The van der Waals surface area contributed by atoms with E-state index in [1.807, 2.05) is 13.8 Å². The van der Waals surface area contributed by atoms with Gasteiger partial charge in [-0.15, -0.1) is 0 Å². The van der Waals surface area contributed by atoms with Crippen molar-refractivity contribution in [2.45, 2.75) is 76.7 Å². The topological polar surface area (TPSA) is 205 Å². The number of aliphatic hydroxyl groups is 1. The fraction of sp³-hybridized carbons (Fsp3) is 0.737. The first-order valence-corrected chi connectivity index (χ1v) is 10.3. The number of hydrogen-bond acceptors (Lipinski definition) is 7. The van der Waals surface area contributed by atoms with Crippen LogP contribution in [-0.2, 0) is 24.0 Å². The standard InChI is InChI=1S/C19H33N5O7/c1-4-9(2)14(21)18(29)24-7-5-6-12(24)16(27)23-15(10(3)25)17(28)22-11(19(30)31)8-13(20)26/h9-12,14-15,25H,4-8,21H2,1-3H3,(H2,20,26)(H,22,28)(H,23,27)(H,30,31). The Kier molecular flexibility index (Phi) is 9.85. The first-order valence-electron chi connectivity index (χ1n) is 10.3. The number of carbonyl (C=O) groups is 5. The van der Waals surface area contributed by atoms with Gasteiger partial charge >= 0.3 is 5.97 Å². The summed E-state index contributed by atoms with van der Waals surface area (Å²) in [6.07, 6.45) is -0.404. The third-order valence-corrected chi connectivity index (χ3v) is 5.46. The molecule has 0 aromatic carbocycles. The molecule has 1 heterocycles. The number of amides is 4. The van der Waals surface area contributed by atoms with Crippen LogP contribution in [0.1, 0.15) is 46.5 Å². The molecule has 0 spiro atoms. The highest BCUT2D eigenvalue weighted by atomic mass is 16.4. The minimum atomic E-state index is -1.61. The van der Waals surface area contributed by atoms with Crippen LogP contribution in [0.15, 0.2) is 0 Å². The largest absolute Gasteiger partial charge is 0.480 e. The van der Waals surface area contributed by atoms with Crippen molar-refractivity contribution in [3.8, 4) is 0 Å². The summed E-state index contributed by atoms with van der Waals surface area (Å²) in [7, 11) is 0. The molecular formula is C19H33N5O7. The van der Waals surface area contributed by atoms with E-state index in [2.05, 4.69) is 10.6 Å². The molecule has 1 aliphatic rings. The quantitative estimate of drug-likeness (QED) is 0.203. The van der Waals surface area contributed by atoms with Crippen molar-refractivity contribution in [3.63, 3.8) is 0 Å². The fourth-order valence-corrected chi connectivity index (χ4v) is 3.31. The van der Waals surface area contributed by atoms with E-state index in [0.29, 0.717) is 25.8 Å². The second-order valence-corrected chi connectivity index (χ2v) is 7.90. The molecule has 176 valence electrons. The highest BCUT2D eigenvalue weighted by molar-refractivity contribution is 5.95. The predicted molar refractivity (Wildman–Crippen MR) is 109 cm³/mol. The molecule has 0 aromatic rings. The lowest BCUT2D eigenvalue weighted by Gasteiger charge is -2.30. The molecule has 1 rings (SSSR count). The highest BCUT2D eigenvalue weighted by Gasteiger charge is 2.39. The van der Waals surface area contributed by atoms with E-state index < -0.39 is 60.4 Å². The van der Waals surface area contributed by atoms with Gasteiger partial charge in [-0.3, -0.25) is 19.2 Å². The normalized spacial score (nSPS) is 20.8. The van der Waals surface area contributed by atoms with Crippen LogP contribution < -0.4 is 22.1 Å². The van der Waals surface area contributed by atoms with Gasteiger partial charge in [0.2, 0.25) is 23.6 Å². The third-order valence-electron chi connectivity index (χ3n) is 5.46. The van der Waals surface area contributed by atoms with Gasteiger partial charge in [0.05, 0.1) is 18.6 Å². The first-order chi connectivity index (χ1) is 14.4. The molecule has 8 N–H and O–H groups in total. The lowest BCUT2D eigenvalue weighted by Crippen LogP contribution is -2.60. The van der Waals surface area contributed by atoms with Crippen LogP contribution >= 0.6 is 0 Å². The van der Waals surface area contributed by atoms with E-state index in [1.165, 1.54) is 11.8 Å². The smallest absolute Gasteiger partial charge is 0.326 e. The van der Waals surface area contributed by atoms with Crippen LogP contribution in [0.2, 0.25) is 0 Å². The Labute approximate surface area is 180 Å². The average molecular weight is 444 g/mol. The van der Waals surface area contributed by atoms with Gasteiger partial charge < -0.3 is 37.2 Å². The van der Waals surface area contributed by atoms with Gasteiger partial charge in [-0.1, -0.05) is 20.3 Å². The number of carboxylic acids is 1. The summed E-state index contributed by atoms with van der Waals surface area (Å²) in [4.78, 5) is 61.6. The summed E-state index contributed by atoms with van der Waals surface area (Å²) >= 11 is 0. The number of primary amides is 1. The number of carbonyl (C=O) groups excluding carboxylic acids is 4. The molecule has 0 saturated carbocycles. The first kappa shape index (κ1) is 26.3. The number of aliphatic carboxylic acids is 1. The molecule has 12 nitrogen and oxygen atoms in total. The maximum atomic E-state index is 12.8. The summed E-state index contributed by atoms with van der Waals surface area (Å²) in [5.41, 5.74) is 11.0. The highest BCUT2D eigenvalue weighted by Crippen LogP contribution is 2.21. The predicted octanol–water partition coefficient (Wildman–Crippen LogP) is -2.34. The molecule has 1 fully saturated rings. The summed E-state index contributed by atoms with van der Waals surface area (Å²) in [6, 6.07) is -4.74. The van der Waals surface area contributed by atoms with Gasteiger partial charge in [-0.25, -0.2) is 4.79 Å². The Morgan fingerprint density at radius 3 is 2.26 bits per heavy atom. The lowest BCUT2D eigenvalue weighted by atomic mass is 9.98. The molecule has 6 unspecified atom stereocenters. The fourth-order valence-electron chi connectivity index (χ4n) is 3.31. The summed E-state index contributed by atoms with van der Waals surface area (Å²) < 4.78 is 0. The Morgan fingerprint density at radius 2 is 1.77 bits per heavy atom. The summed E-state index contributed by atoms with van der Waals surface area (Å²) in [5, 5.41) is 23.6. The molecule has 12 heteroatoms. The van der Waals surface area contributed by atoms with E-state index in [1.54, 1.807) is 0 Å². The number of hydrogen-bond donors (Lipinski definition) is 6. The van der Waals surface area contributed by atoms with E-state index in [9.17, 15) is 29.1 Å². The Balaban J connectivity index is 2.91. The molecule has 1 saturated heterocycles. The van der Waals surface area contributed by atoms with Crippen LogP contribution in [0, 0.1) is 5.92 Å². The van der Waals surface area contributed by atoms with Crippen LogP contribution in [0.25, 0.3) is 0 Å². The second-order valence-electron chi connectivity index (χ2n) is 7.90. The Morgan fingerprint density at radius 1 is 1.16 bits per heavy atom. The van der Waals surface area contributed by atoms with Gasteiger partial charge in [0.25, 0.3) is 0 Å².